The molecule has 3 rings (SSSR count). The van der Waals surface area contributed by atoms with Gasteiger partial charge >= 0.3 is 6.03 Å². The van der Waals surface area contributed by atoms with E-state index in [9.17, 15) is 4.79 Å². The van der Waals surface area contributed by atoms with Gasteiger partial charge in [0.05, 0.1) is 38.0 Å². The monoisotopic (exact) mass is 337 g/mol. The summed E-state index contributed by atoms with van der Waals surface area (Å²) in [4.78, 5) is 12.2. The van der Waals surface area contributed by atoms with Crippen molar-refractivity contribution in [3.05, 3.63) is 59.7 Å². The molecule has 0 spiro atoms. The van der Waals surface area contributed by atoms with Crippen LogP contribution in [0.4, 0.5) is 10.5 Å². The second kappa shape index (κ2) is 7.69. The highest BCUT2D eigenvalue weighted by atomic mass is 16.5. The Morgan fingerprint density at radius 3 is 2.52 bits per heavy atom. The summed E-state index contributed by atoms with van der Waals surface area (Å²) in [6.07, 6.45) is 0. The van der Waals surface area contributed by atoms with Crippen LogP contribution in [0.5, 0.6) is 5.75 Å². The molecule has 2 N–H and O–H groups in total. The quantitative estimate of drug-likeness (QED) is 0.898. The van der Waals surface area contributed by atoms with Crippen molar-refractivity contribution in [2.45, 2.75) is 12.0 Å². The van der Waals surface area contributed by atoms with Crippen LogP contribution in [0.25, 0.3) is 0 Å². The van der Waals surface area contributed by atoms with Crippen LogP contribution in [-0.4, -0.2) is 32.4 Å². The van der Waals surface area contributed by atoms with Crippen LogP contribution in [0.1, 0.15) is 17.0 Å². The minimum absolute atomic E-state index is 0.0950. The molecule has 1 aliphatic rings. The van der Waals surface area contributed by atoms with Crippen molar-refractivity contribution >= 4 is 11.7 Å². The maximum atomic E-state index is 12.2. The molecule has 0 aliphatic carbocycles. The Morgan fingerprint density at radius 1 is 1.16 bits per heavy atom. The number of methoxy groups -OCH3 is 1. The number of carbonyl (C=O) groups excluding carboxylic acids is 1. The van der Waals surface area contributed by atoms with Crippen molar-refractivity contribution in [1.82, 2.24) is 5.32 Å². The Hall–Kier alpha value is -3.04. The molecule has 6 nitrogen and oxygen atoms in total. The second-order valence-corrected chi connectivity index (χ2v) is 5.81. The zero-order chi connectivity index (χ0) is 17.6. The molecule has 1 fully saturated rings. The smallest absolute Gasteiger partial charge is 0.319 e. The number of carbonyl (C=O) groups is 1. The fourth-order valence-corrected chi connectivity index (χ4v) is 2.84. The Morgan fingerprint density at radius 2 is 1.88 bits per heavy atom. The highest BCUT2D eigenvalue weighted by Crippen LogP contribution is 2.27. The molecule has 0 radical (unpaired) electrons. The first-order valence-electron chi connectivity index (χ1n) is 7.99. The zero-order valence-electron chi connectivity index (χ0n) is 13.9. The van der Waals surface area contributed by atoms with Gasteiger partial charge in [0, 0.05) is 11.6 Å². The normalized spacial score (nSPS) is 19.0. The first-order valence-corrected chi connectivity index (χ1v) is 7.99. The van der Waals surface area contributed by atoms with E-state index < -0.39 is 0 Å². The summed E-state index contributed by atoms with van der Waals surface area (Å²) in [5.41, 5.74) is 2.29. The van der Waals surface area contributed by atoms with E-state index in [0.29, 0.717) is 24.5 Å². The van der Waals surface area contributed by atoms with Gasteiger partial charge in [-0.1, -0.05) is 12.1 Å². The van der Waals surface area contributed by atoms with Crippen LogP contribution in [0.15, 0.2) is 48.5 Å². The molecule has 0 saturated carbocycles. The van der Waals surface area contributed by atoms with Crippen LogP contribution in [0, 0.1) is 11.3 Å². The van der Waals surface area contributed by atoms with Gasteiger partial charge in [0.2, 0.25) is 0 Å². The van der Waals surface area contributed by atoms with Gasteiger partial charge in [-0.25, -0.2) is 4.79 Å². The first kappa shape index (κ1) is 16.8. The maximum Gasteiger partial charge on any atom is 0.319 e. The fourth-order valence-electron chi connectivity index (χ4n) is 2.84. The van der Waals surface area contributed by atoms with Gasteiger partial charge in [0.15, 0.2) is 0 Å². The summed E-state index contributed by atoms with van der Waals surface area (Å²) >= 11 is 0. The minimum Gasteiger partial charge on any atom is -0.497 e. The van der Waals surface area contributed by atoms with Crippen molar-refractivity contribution in [3.8, 4) is 11.8 Å². The van der Waals surface area contributed by atoms with E-state index in [1.807, 2.05) is 30.3 Å². The van der Waals surface area contributed by atoms with E-state index in [4.69, 9.17) is 14.7 Å². The molecule has 2 amide bonds. The second-order valence-electron chi connectivity index (χ2n) is 5.81. The summed E-state index contributed by atoms with van der Waals surface area (Å²) in [6, 6.07) is 16.2. The van der Waals surface area contributed by atoms with Gasteiger partial charge in [0.1, 0.15) is 5.75 Å². The highest BCUT2D eigenvalue weighted by Gasteiger charge is 2.30. The van der Waals surface area contributed by atoms with Gasteiger partial charge in [-0.2, -0.15) is 5.26 Å². The molecule has 0 aromatic heterocycles. The molecule has 25 heavy (non-hydrogen) atoms. The van der Waals surface area contributed by atoms with Gasteiger partial charge in [0.25, 0.3) is 0 Å². The van der Waals surface area contributed by atoms with Crippen molar-refractivity contribution in [1.29, 1.82) is 5.26 Å². The van der Waals surface area contributed by atoms with E-state index in [0.717, 1.165) is 11.3 Å². The van der Waals surface area contributed by atoms with E-state index in [1.165, 1.54) is 0 Å². The summed E-state index contributed by atoms with van der Waals surface area (Å²) in [6.45, 7) is 1.03. The minimum atomic E-state index is -0.293. The number of hydrogen-bond acceptors (Lipinski definition) is 4. The number of hydrogen-bond donors (Lipinski definition) is 2. The molecule has 0 bridgehead atoms. The third kappa shape index (κ3) is 4.08. The molecule has 1 aliphatic heterocycles. The van der Waals surface area contributed by atoms with Crippen molar-refractivity contribution in [2.24, 2.45) is 0 Å². The highest BCUT2D eigenvalue weighted by molar-refractivity contribution is 5.89. The number of ether oxygens (including phenoxy) is 2. The lowest BCUT2D eigenvalue weighted by molar-refractivity contribution is 0.187. The Balaban J connectivity index is 1.62. The predicted octanol–water partition coefficient (Wildman–Crippen LogP) is 2.87. The van der Waals surface area contributed by atoms with E-state index >= 15 is 0 Å². The van der Waals surface area contributed by atoms with E-state index in [1.54, 1.807) is 31.4 Å². The van der Waals surface area contributed by atoms with Gasteiger partial charge in [-0.05, 0) is 42.0 Å². The maximum absolute atomic E-state index is 12.2. The Labute approximate surface area is 146 Å². The average Bonchev–Trinajstić information content (AvgIpc) is 3.10. The van der Waals surface area contributed by atoms with E-state index in [2.05, 4.69) is 10.6 Å². The number of urea groups is 1. The molecular weight excluding hydrogens is 318 g/mol. The molecule has 128 valence electrons. The van der Waals surface area contributed by atoms with Crippen LogP contribution in [0.2, 0.25) is 0 Å². The molecule has 2 aromatic rings. The summed E-state index contributed by atoms with van der Waals surface area (Å²) < 4.78 is 10.7. The number of rotatable bonds is 4. The molecule has 6 heteroatoms. The third-order valence-electron chi connectivity index (χ3n) is 4.21. The lowest BCUT2D eigenvalue weighted by Crippen LogP contribution is -2.41. The van der Waals surface area contributed by atoms with Crippen LogP contribution >= 0.6 is 0 Å². The number of nitriles is 1. The zero-order valence-corrected chi connectivity index (χ0v) is 13.9. The molecule has 2 aromatic carbocycles. The number of nitrogens with zero attached hydrogens (tertiary/aromatic N) is 1. The van der Waals surface area contributed by atoms with Crippen molar-refractivity contribution in [2.75, 3.05) is 25.6 Å². The van der Waals surface area contributed by atoms with Gasteiger partial charge in [-0.3, -0.25) is 0 Å². The van der Waals surface area contributed by atoms with Gasteiger partial charge < -0.3 is 20.1 Å². The lowest BCUT2D eigenvalue weighted by Gasteiger charge is -2.20. The summed E-state index contributed by atoms with van der Waals surface area (Å²) in [7, 11) is 1.63. The Kier molecular flexibility index (Phi) is 5.17. The first-order chi connectivity index (χ1) is 12.2. The topological polar surface area (TPSA) is 83.4 Å². The largest absolute Gasteiger partial charge is 0.497 e. The number of nitrogens with one attached hydrogen (secondary N) is 2. The summed E-state index contributed by atoms with van der Waals surface area (Å²) in [5.74, 6) is 0.892. The number of amides is 2. The molecule has 0 unspecified atom stereocenters. The SMILES string of the molecule is COc1ccc([C@H]2COC[C@H]2NC(=O)Nc2ccc(C#N)cc2)cc1. The predicted molar refractivity (Wildman–Crippen MR) is 93.7 cm³/mol. The Bertz CT molecular complexity index is 766. The molecule has 2 atom stereocenters. The van der Waals surface area contributed by atoms with Crippen LogP contribution in [0.3, 0.4) is 0 Å². The van der Waals surface area contributed by atoms with Crippen LogP contribution in [-0.2, 0) is 4.74 Å². The van der Waals surface area contributed by atoms with E-state index in [-0.39, 0.29) is 18.0 Å². The van der Waals surface area contributed by atoms with Crippen LogP contribution < -0.4 is 15.4 Å². The number of anilines is 1. The standard InChI is InChI=1S/C19H19N3O3/c1-24-16-8-4-14(5-9-16)17-11-25-12-18(17)22-19(23)21-15-6-2-13(10-20)3-7-15/h2-9,17-18H,11-12H2,1H3,(H2,21,22,23)/t17-,18-/m1/s1. The lowest BCUT2D eigenvalue weighted by atomic mass is 9.94. The van der Waals surface area contributed by atoms with Gasteiger partial charge in [-0.15, -0.1) is 0 Å². The number of benzene rings is 2. The van der Waals surface area contributed by atoms with Crippen molar-refractivity contribution < 1.29 is 14.3 Å². The average molecular weight is 337 g/mol. The molecule has 1 saturated heterocycles. The van der Waals surface area contributed by atoms with Crippen molar-refractivity contribution in [3.63, 3.8) is 0 Å². The molecular formula is C19H19N3O3. The summed E-state index contributed by atoms with van der Waals surface area (Å²) in [5, 5.41) is 14.5. The fraction of sp³-hybridized carbons (Fsp3) is 0.263. The third-order valence-corrected chi connectivity index (χ3v) is 4.21. The molecule has 1 heterocycles.